The van der Waals surface area contributed by atoms with E-state index in [1.165, 1.54) is 23.9 Å². The molecule has 0 unspecified atom stereocenters. The number of non-ortho nitro benzene ring substituents is 1. The van der Waals surface area contributed by atoms with Gasteiger partial charge in [0.1, 0.15) is 5.82 Å². The molecule has 138 valence electrons. The Morgan fingerprint density at radius 1 is 1.35 bits per heavy atom. The zero-order chi connectivity index (χ0) is 18.8. The summed E-state index contributed by atoms with van der Waals surface area (Å²) in [5.41, 5.74) is 0.980. The fourth-order valence-corrected chi connectivity index (χ4v) is 4.28. The molecule has 0 aliphatic carbocycles. The van der Waals surface area contributed by atoms with E-state index in [0.29, 0.717) is 11.4 Å². The van der Waals surface area contributed by atoms with Crippen LogP contribution in [-0.2, 0) is 4.79 Å². The third-order valence-electron chi connectivity index (χ3n) is 4.42. The summed E-state index contributed by atoms with van der Waals surface area (Å²) in [7, 11) is 0. The van der Waals surface area contributed by atoms with Crippen LogP contribution in [-0.4, -0.2) is 26.4 Å². The lowest BCUT2D eigenvalue weighted by Gasteiger charge is -2.17. The number of anilines is 1. The highest BCUT2D eigenvalue weighted by molar-refractivity contribution is 8.00. The Bertz CT molecular complexity index is 887. The van der Waals surface area contributed by atoms with E-state index in [9.17, 15) is 19.7 Å². The Morgan fingerprint density at radius 3 is 2.65 bits per heavy atom. The van der Waals surface area contributed by atoms with Gasteiger partial charge in [0.05, 0.1) is 21.5 Å². The minimum atomic E-state index is -0.462. The van der Waals surface area contributed by atoms with E-state index in [2.05, 4.69) is 17.3 Å². The number of thioether (sulfide) groups is 1. The van der Waals surface area contributed by atoms with Crippen LogP contribution in [0.25, 0.3) is 0 Å². The van der Waals surface area contributed by atoms with Gasteiger partial charge in [-0.05, 0) is 18.9 Å². The highest BCUT2D eigenvalue weighted by Gasteiger charge is 2.31. The molecule has 0 fully saturated rings. The number of rotatable bonds is 5. The van der Waals surface area contributed by atoms with Crippen molar-refractivity contribution in [3.63, 3.8) is 0 Å². The number of fused-ring (bicyclic) bond motifs is 1. The average Bonchev–Trinajstić information content (AvgIpc) is 2.82. The van der Waals surface area contributed by atoms with Gasteiger partial charge in [-0.2, -0.15) is 0 Å². The van der Waals surface area contributed by atoms with Crippen molar-refractivity contribution < 1.29 is 9.72 Å². The van der Waals surface area contributed by atoms with Crippen LogP contribution in [0, 0.1) is 10.1 Å². The summed E-state index contributed by atoms with van der Waals surface area (Å²) in [5, 5.41) is 16.2. The number of carbonyl (C=O) groups excluding carboxylic acids is 1. The van der Waals surface area contributed by atoms with Gasteiger partial charge in [-0.1, -0.05) is 25.5 Å². The summed E-state index contributed by atoms with van der Waals surface area (Å²) in [6.45, 7) is 4.05. The molecule has 0 radical (unpaired) electrons. The summed E-state index contributed by atoms with van der Waals surface area (Å²) in [4.78, 5) is 35.2. The number of hydrogen-bond acceptors (Lipinski definition) is 5. The number of aromatic nitrogens is 2. The third-order valence-corrected chi connectivity index (χ3v) is 5.69. The number of nitro benzene ring substituents is 1. The minimum Gasteiger partial charge on any atom is -0.310 e. The number of nitrogens with one attached hydrogen (secondary N) is 2. The summed E-state index contributed by atoms with van der Waals surface area (Å²) in [5.74, 6) is 0.532. The largest absolute Gasteiger partial charge is 0.310 e. The fourth-order valence-electron chi connectivity index (χ4n) is 3.16. The standard InChI is InChI=1S/C17H20N4O4S/c1-3-4-10(2)20-16-14(17(23)19-20)15(26-9-13(22)18-16)11-5-7-12(8-6-11)21(24)25/h5-8,10,15H,3-4,9H2,1-2H3,(H,18,22)(H,19,23)/t10-,15-/m0/s1. The second-order valence-electron chi connectivity index (χ2n) is 6.30. The summed E-state index contributed by atoms with van der Waals surface area (Å²) < 4.78 is 1.73. The molecular weight excluding hydrogens is 356 g/mol. The van der Waals surface area contributed by atoms with E-state index < -0.39 is 4.92 Å². The predicted octanol–water partition coefficient (Wildman–Crippen LogP) is 3.22. The van der Waals surface area contributed by atoms with Crippen LogP contribution in [0.2, 0.25) is 0 Å². The molecule has 1 aromatic carbocycles. The maximum absolute atomic E-state index is 12.7. The maximum Gasteiger partial charge on any atom is 0.270 e. The fraction of sp³-hybridized carbons (Fsp3) is 0.412. The van der Waals surface area contributed by atoms with Crippen molar-refractivity contribution in [2.45, 2.75) is 38.0 Å². The molecule has 2 heterocycles. The first-order valence-electron chi connectivity index (χ1n) is 8.42. The first-order valence-corrected chi connectivity index (χ1v) is 9.47. The molecule has 1 aromatic heterocycles. The second-order valence-corrected chi connectivity index (χ2v) is 7.39. The van der Waals surface area contributed by atoms with Crippen LogP contribution in [0.5, 0.6) is 0 Å². The highest BCUT2D eigenvalue weighted by Crippen LogP contribution is 2.40. The Hall–Kier alpha value is -2.55. The molecule has 0 spiro atoms. The third kappa shape index (κ3) is 3.39. The van der Waals surface area contributed by atoms with Gasteiger partial charge in [-0.25, -0.2) is 0 Å². The van der Waals surface area contributed by atoms with Crippen LogP contribution in [0.15, 0.2) is 29.1 Å². The first-order chi connectivity index (χ1) is 12.4. The van der Waals surface area contributed by atoms with Gasteiger partial charge in [-0.15, -0.1) is 11.8 Å². The number of H-pyrrole nitrogens is 1. The highest BCUT2D eigenvalue weighted by atomic mass is 32.2. The number of aromatic amines is 1. The van der Waals surface area contributed by atoms with Crippen molar-refractivity contribution in [2.24, 2.45) is 0 Å². The second kappa shape index (κ2) is 7.36. The molecule has 2 aromatic rings. The minimum absolute atomic E-state index is 0.00940. The summed E-state index contributed by atoms with van der Waals surface area (Å²) in [6, 6.07) is 6.15. The lowest BCUT2D eigenvalue weighted by Crippen LogP contribution is -2.18. The van der Waals surface area contributed by atoms with Gasteiger partial charge < -0.3 is 5.32 Å². The SMILES string of the molecule is CCC[C@H](C)n1[nH]c(=O)c2c1NC(=O)CS[C@H]2c1ccc([N+](=O)[O-])cc1. The molecule has 26 heavy (non-hydrogen) atoms. The molecule has 9 heteroatoms. The van der Waals surface area contributed by atoms with E-state index in [1.807, 2.05) is 6.92 Å². The lowest BCUT2D eigenvalue weighted by molar-refractivity contribution is -0.384. The summed E-state index contributed by atoms with van der Waals surface area (Å²) in [6.07, 6.45) is 1.81. The van der Waals surface area contributed by atoms with Crippen LogP contribution in [0.1, 0.15) is 49.1 Å². The van der Waals surface area contributed by atoms with E-state index in [0.717, 1.165) is 18.4 Å². The van der Waals surface area contributed by atoms with Crippen molar-refractivity contribution in [3.8, 4) is 0 Å². The van der Waals surface area contributed by atoms with E-state index in [-0.39, 0.29) is 34.2 Å². The number of hydrogen-bond donors (Lipinski definition) is 2. The van der Waals surface area contributed by atoms with Crippen molar-refractivity contribution >= 4 is 29.2 Å². The first kappa shape index (κ1) is 18.2. The number of benzene rings is 1. The van der Waals surface area contributed by atoms with Gasteiger partial charge >= 0.3 is 0 Å². The molecule has 0 bridgehead atoms. The van der Waals surface area contributed by atoms with Crippen molar-refractivity contribution in [1.82, 2.24) is 9.78 Å². The Kier molecular flexibility index (Phi) is 5.17. The number of nitro groups is 1. The zero-order valence-corrected chi connectivity index (χ0v) is 15.3. The number of amides is 1. The molecule has 1 aliphatic rings. The van der Waals surface area contributed by atoms with Crippen molar-refractivity contribution in [1.29, 1.82) is 0 Å². The molecule has 1 amide bonds. The number of carbonyl (C=O) groups is 1. The normalized spacial score (nSPS) is 17.9. The average molecular weight is 376 g/mol. The topological polar surface area (TPSA) is 110 Å². The number of nitrogens with zero attached hydrogens (tertiary/aromatic N) is 2. The molecule has 8 nitrogen and oxygen atoms in total. The van der Waals surface area contributed by atoms with Gasteiger partial charge in [0.25, 0.3) is 11.2 Å². The predicted molar refractivity (Wildman–Crippen MR) is 101 cm³/mol. The van der Waals surface area contributed by atoms with E-state index >= 15 is 0 Å². The molecule has 1 aliphatic heterocycles. The molecule has 3 rings (SSSR count). The monoisotopic (exact) mass is 376 g/mol. The van der Waals surface area contributed by atoms with Crippen LogP contribution in [0.4, 0.5) is 11.5 Å². The lowest BCUT2D eigenvalue weighted by atomic mass is 10.1. The van der Waals surface area contributed by atoms with E-state index in [4.69, 9.17) is 0 Å². The van der Waals surface area contributed by atoms with Crippen LogP contribution >= 0.6 is 11.8 Å². The Balaban J connectivity index is 2.08. The molecule has 2 N–H and O–H groups in total. The molecule has 2 atom stereocenters. The van der Waals surface area contributed by atoms with Crippen LogP contribution < -0.4 is 10.9 Å². The van der Waals surface area contributed by atoms with Gasteiger partial charge in [-0.3, -0.25) is 29.5 Å². The molecule has 0 saturated heterocycles. The zero-order valence-electron chi connectivity index (χ0n) is 14.5. The quantitative estimate of drug-likeness (QED) is 0.615. The Morgan fingerprint density at radius 2 is 2.04 bits per heavy atom. The van der Waals surface area contributed by atoms with Gasteiger partial charge in [0.15, 0.2) is 0 Å². The maximum atomic E-state index is 12.7. The van der Waals surface area contributed by atoms with Crippen molar-refractivity contribution in [2.75, 3.05) is 11.1 Å². The van der Waals surface area contributed by atoms with E-state index in [1.54, 1.807) is 16.8 Å². The smallest absolute Gasteiger partial charge is 0.270 e. The van der Waals surface area contributed by atoms with Crippen molar-refractivity contribution in [3.05, 3.63) is 55.9 Å². The van der Waals surface area contributed by atoms with Crippen LogP contribution in [0.3, 0.4) is 0 Å². The molecular formula is C17H20N4O4S. The Labute approximate surface area is 154 Å². The molecule has 0 saturated carbocycles. The van der Waals surface area contributed by atoms with Gasteiger partial charge in [0, 0.05) is 18.2 Å². The van der Waals surface area contributed by atoms with Gasteiger partial charge in [0.2, 0.25) is 5.91 Å². The summed E-state index contributed by atoms with van der Waals surface area (Å²) >= 11 is 1.34.